The number of carbonyl (C=O) groups is 2. The van der Waals surface area contributed by atoms with Gasteiger partial charge in [-0.2, -0.15) is 0 Å². The molecule has 0 bridgehead atoms. The molecule has 0 saturated heterocycles. The summed E-state index contributed by atoms with van der Waals surface area (Å²) in [6.45, 7) is 2.10. The van der Waals surface area contributed by atoms with Crippen molar-refractivity contribution in [1.82, 2.24) is 10.6 Å². The topological polar surface area (TPSA) is 85.9 Å². The minimum absolute atomic E-state index is 0.147. The van der Waals surface area contributed by atoms with Crippen LogP contribution in [-0.4, -0.2) is 29.1 Å². The number of urea groups is 1. The lowest BCUT2D eigenvalue weighted by molar-refractivity contribution is -0.139. The first-order valence-electron chi connectivity index (χ1n) is 7.17. The predicted octanol–water partition coefficient (Wildman–Crippen LogP) is 2.70. The summed E-state index contributed by atoms with van der Waals surface area (Å²) in [7, 11) is 0. The van der Waals surface area contributed by atoms with E-state index >= 15 is 0 Å². The number of ether oxygens (including phenoxy) is 3. The zero-order valence-electron chi connectivity index (χ0n) is 12.6. The molecule has 2 N–H and O–H groups in total. The lowest BCUT2D eigenvalue weighted by atomic mass is 9.95. The average Bonchev–Trinajstić information content (AvgIpc) is 3.01. The molecule has 0 aliphatic carbocycles. The van der Waals surface area contributed by atoms with Crippen LogP contribution in [0, 0.1) is 0 Å². The van der Waals surface area contributed by atoms with Crippen LogP contribution in [0.5, 0.6) is 11.5 Å². The van der Waals surface area contributed by atoms with Crippen molar-refractivity contribution >= 4 is 43.9 Å². The van der Waals surface area contributed by atoms with Crippen LogP contribution in [0.4, 0.5) is 4.79 Å². The van der Waals surface area contributed by atoms with Crippen molar-refractivity contribution < 1.29 is 23.8 Å². The number of carbonyl (C=O) groups excluding carboxylic acids is 2. The fourth-order valence-electron chi connectivity index (χ4n) is 2.54. The van der Waals surface area contributed by atoms with Crippen LogP contribution in [0.3, 0.4) is 0 Å². The number of fused-ring (bicyclic) bond motifs is 1. The van der Waals surface area contributed by atoms with Crippen LogP contribution >= 0.6 is 31.9 Å². The van der Waals surface area contributed by atoms with E-state index in [0.29, 0.717) is 28.3 Å². The maximum Gasteiger partial charge on any atom is 0.338 e. The van der Waals surface area contributed by atoms with Crippen molar-refractivity contribution in [3.8, 4) is 11.5 Å². The average molecular weight is 462 g/mol. The molecule has 1 atom stereocenters. The Morgan fingerprint density at radius 1 is 1.38 bits per heavy atom. The second-order valence-corrected chi connectivity index (χ2v) is 8.05. The van der Waals surface area contributed by atoms with E-state index in [9.17, 15) is 9.59 Å². The molecule has 128 valence electrons. The fraction of sp³-hybridized carbons (Fsp3) is 0.333. The molecule has 2 amide bonds. The van der Waals surface area contributed by atoms with Gasteiger partial charge in [-0.3, -0.25) is 0 Å². The number of benzene rings is 1. The summed E-state index contributed by atoms with van der Waals surface area (Å²) in [4.78, 5) is 24.5. The molecule has 2 aliphatic rings. The highest BCUT2D eigenvalue weighted by Gasteiger charge is 2.36. The number of hydrogen-bond donors (Lipinski definition) is 2. The van der Waals surface area contributed by atoms with Gasteiger partial charge in [0.2, 0.25) is 6.79 Å². The van der Waals surface area contributed by atoms with Gasteiger partial charge in [-0.15, -0.1) is 0 Å². The number of esters is 1. The monoisotopic (exact) mass is 460 g/mol. The summed E-state index contributed by atoms with van der Waals surface area (Å²) in [6, 6.07) is 4.18. The molecule has 1 aromatic carbocycles. The van der Waals surface area contributed by atoms with Gasteiger partial charge in [-0.05, 0) is 24.6 Å². The van der Waals surface area contributed by atoms with Crippen molar-refractivity contribution in [2.24, 2.45) is 0 Å². The van der Waals surface area contributed by atoms with E-state index in [2.05, 4.69) is 42.5 Å². The van der Waals surface area contributed by atoms with Gasteiger partial charge in [0.1, 0.15) is 3.74 Å². The number of alkyl halides is 2. The number of nitrogens with one attached hydrogen (secondary N) is 2. The molecule has 7 nitrogen and oxygen atoms in total. The van der Waals surface area contributed by atoms with Gasteiger partial charge < -0.3 is 24.8 Å². The van der Waals surface area contributed by atoms with Crippen molar-refractivity contribution in [3.63, 3.8) is 0 Å². The molecule has 0 fully saturated rings. The Morgan fingerprint density at radius 3 is 2.83 bits per heavy atom. The molecule has 0 saturated carbocycles. The molecule has 3 rings (SSSR count). The first-order chi connectivity index (χ1) is 11.5. The number of hydrogen-bond acceptors (Lipinski definition) is 5. The van der Waals surface area contributed by atoms with Gasteiger partial charge in [0.15, 0.2) is 11.5 Å². The van der Waals surface area contributed by atoms with E-state index < -0.39 is 21.8 Å². The van der Waals surface area contributed by atoms with Crippen LogP contribution in [0.15, 0.2) is 29.5 Å². The summed E-state index contributed by atoms with van der Waals surface area (Å²) in [5.41, 5.74) is 1.41. The van der Waals surface area contributed by atoms with Crippen LogP contribution in [-0.2, 0) is 9.53 Å². The Labute approximate surface area is 155 Å². The second kappa shape index (κ2) is 7.02. The van der Waals surface area contributed by atoms with Crippen LogP contribution < -0.4 is 20.1 Å². The maximum absolute atomic E-state index is 12.5. The molecule has 24 heavy (non-hydrogen) atoms. The highest BCUT2D eigenvalue weighted by atomic mass is 79.9. The first-order valence-corrected chi connectivity index (χ1v) is 9.00. The summed E-state index contributed by atoms with van der Waals surface area (Å²) < 4.78 is 15.4. The standard InChI is InChI=1S/C15H14Br2N2O5/c1-2-22-14(20)10-11(18-15(21)19-12(10)13(16)17)7-3-4-8-9(5-7)24-6-23-8/h3-5,11,13H,2,6H2,1H3,(H2,18,19,21)/t11-/m0/s1. The molecule has 0 spiro atoms. The van der Waals surface area contributed by atoms with E-state index in [4.69, 9.17) is 14.2 Å². The molecular formula is C15H14Br2N2O5. The Kier molecular flexibility index (Phi) is 5.00. The minimum atomic E-state index is -0.667. The van der Waals surface area contributed by atoms with Crippen molar-refractivity contribution in [2.75, 3.05) is 13.4 Å². The van der Waals surface area contributed by atoms with Crippen LogP contribution in [0.1, 0.15) is 18.5 Å². The predicted molar refractivity (Wildman–Crippen MR) is 92.3 cm³/mol. The van der Waals surface area contributed by atoms with Crippen LogP contribution in [0.25, 0.3) is 0 Å². The zero-order valence-corrected chi connectivity index (χ0v) is 15.8. The van der Waals surface area contributed by atoms with Crippen molar-refractivity contribution in [2.45, 2.75) is 16.7 Å². The Balaban J connectivity index is 2.07. The Bertz CT molecular complexity index is 720. The SMILES string of the molecule is CCOC(=O)C1=C(C(Br)Br)NC(=O)N[C@H]1c1ccc2c(c1)OCO2. The summed E-state index contributed by atoms with van der Waals surface area (Å²) in [5, 5.41) is 5.39. The summed E-state index contributed by atoms with van der Waals surface area (Å²) in [6.07, 6.45) is 0. The summed E-state index contributed by atoms with van der Waals surface area (Å²) in [5.74, 6) is 0.686. The molecule has 1 aromatic rings. The van der Waals surface area contributed by atoms with E-state index in [1.807, 2.05) is 0 Å². The lowest BCUT2D eigenvalue weighted by Gasteiger charge is -2.30. The van der Waals surface area contributed by atoms with Gasteiger partial charge in [0.25, 0.3) is 0 Å². The number of allylic oxidation sites excluding steroid dienone is 1. The van der Waals surface area contributed by atoms with Gasteiger partial charge in [-0.1, -0.05) is 37.9 Å². The third kappa shape index (κ3) is 3.23. The zero-order chi connectivity index (χ0) is 17.3. The fourth-order valence-corrected chi connectivity index (χ4v) is 3.26. The number of amides is 2. The molecule has 2 heterocycles. The lowest BCUT2D eigenvalue weighted by Crippen LogP contribution is -2.47. The van der Waals surface area contributed by atoms with Gasteiger partial charge >= 0.3 is 12.0 Å². The van der Waals surface area contributed by atoms with Gasteiger partial charge in [-0.25, -0.2) is 9.59 Å². The normalized spacial score (nSPS) is 19.2. The molecule has 9 heteroatoms. The Morgan fingerprint density at radius 2 is 2.12 bits per heavy atom. The van der Waals surface area contributed by atoms with E-state index in [1.54, 1.807) is 25.1 Å². The van der Waals surface area contributed by atoms with Crippen molar-refractivity contribution in [3.05, 3.63) is 35.0 Å². The van der Waals surface area contributed by atoms with E-state index in [1.165, 1.54) is 0 Å². The van der Waals surface area contributed by atoms with Gasteiger partial charge in [0, 0.05) is 0 Å². The molecule has 0 unspecified atom stereocenters. The van der Waals surface area contributed by atoms with E-state index in [0.717, 1.165) is 0 Å². The first kappa shape index (κ1) is 17.1. The minimum Gasteiger partial charge on any atom is -0.463 e. The molecular weight excluding hydrogens is 448 g/mol. The highest BCUT2D eigenvalue weighted by molar-refractivity contribution is 9.24. The number of rotatable bonds is 4. The Hall–Kier alpha value is -1.74. The summed E-state index contributed by atoms with van der Waals surface area (Å²) >= 11 is 6.67. The molecule has 0 aromatic heterocycles. The third-order valence-corrected chi connectivity index (χ3v) is 4.46. The highest BCUT2D eigenvalue weighted by Crippen LogP contribution is 2.38. The second-order valence-electron chi connectivity index (χ2n) is 4.99. The van der Waals surface area contributed by atoms with Crippen molar-refractivity contribution in [1.29, 1.82) is 0 Å². The number of halogens is 2. The molecule has 2 aliphatic heterocycles. The molecule has 0 radical (unpaired) electrons. The third-order valence-electron chi connectivity index (χ3n) is 3.55. The van der Waals surface area contributed by atoms with Crippen LogP contribution in [0.2, 0.25) is 0 Å². The quantitative estimate of drug-likeness (QED) is 0.531. The maximum atomic E-state index is 12.5. The largest absolute Gasteiger partial charge is 0.463 e. The van der Waals surface area contributed by atoms with Gasteiger partial charge in [0.05, 0.1) is 23.9 Å². The van der Waals surface area contributed by atoms with E-state index in [-0.39, 0.29) is 13.4 Å². The smallest absolute Gasteiger partial charge is 0.338 e.